The van der Waals surface area contributed by atoms with Gasteiger partial charge in [0.15, 0.2) is 0 Å². The van der Waals surface area contributed by atoms with Crippen molar-refractivity contribution < 1.29 is 19.1 Å². The molecule has 0 unspecified atom stereocenters. The highest BCUT2D eigenvalue weighted by atomic mass is 35.5. The Balaban J connectivity index is 1.96. The maximum atomic E-state index is 12.7. The number of halogens is 1. The second-order valence-electron chi connectivity index (χ2n) is 8.50. The molecular weight excluding hydrogens is 524 g/mol. The van der Waals surface area contributed by atoms with Crippen LogP contribution in [0.3, 0.4) is 0 Å². The molecule has 0 aliphatic rings. The molecule has 0 spiro atoms. The number of ether oxygens (including phenoxy) is 1. The van der Waals surface area contributed by atoms with Gasteiger partial charge in [-0.25, -0.2) is 14.8 Å². The molecule has 3 rings (SSSR count). The molecule has 0 aliphatic heterocycles. The number of aryl methyl sites for hydroxylation is 2. The Morgan fingerprint density at radius 1 is 1.10 bits per heavy atom. The number of rotatable bonds is 8. The van der Waals surface area contributed by atoms with Gasteiger partial charge in [0.1, 0.15) is 11.4 Å². The van der Waals surface area contributed by atoms with Crippen molar-refractivity contribution in [2.45, 2.75) is 27.3 Å². The number of nitrogens with one attached hydrogen (secondary N) is 1. The molecule has 0 radical (unpaired) electrons. The summed E-state index contributed by atoms with van der Waals surface area (Å²) in [5.74, 6) is -0.420. The fourth-order valence-electron chi connectivity index (χ4n) is 3.32. The van der Waals surface area contributed by atoms with Crippen LogP contribution in [0.25, 0.3) is 0 Å². The number of urea groups is 1. The maximum Gasteiger partial charge on any atom is 0.335 e. The van der Waals surface area contributed by atoms with Crippen LogP contribution in [0.1, 0.15) is 34.1 Å². The van der Waals surface area contributed by atoms with Crippen molar-refractivity contribution in [3.63, 3.8) is 0 Å². The van der Waals surface area contributed by atoms with Gasteiger partial charge in [0.05, 0.1) is 12.2 Å². The van der Waals surface area contributed by atoms with Crippen LogP contribution in [0.5, 0.6) is 11.6 Å². The Bertz CT molecular complexity index is 1410. The zero-order valence-electron chi connectivity index (χ0n) is 21.8. The highest BCUT2D eigenvalue weighted by Gasteiger charge is 2.18. The minimum Gasteiger partial charge on any atom is -0.439 e. The SMILES string of the molecule is CCN(C)C(=O)NC(=Nc1cc(C)c(Oc2cccc(C(=O)N=O)n2)cc1C)N(C=O)Cc1ccc(Cl)cc1. The Hall–Kier alpha value is -4.64. The number of pyridine rings is 1. The number of carbonyl (C=O) groups is 3. The van der Waals surface area contributed by atoms with E-state index in [1.54, 1.807) is 63.4 Å². The lowest BCUT2D eigenvalue weighted by molar-refractivity contribution is -0.115. The number of amides is 4. The van der Waals surface area contributed by atoms with Gasteiger partial charge in [-0.1, -0.05) is 29.8 Å². The normalized spacial score (nSPS) is 10.9. The fraction of sp³-hybridized carbons (Fsp3) is 0.222. The van der Waals surface area contributed by atoms with Crippen molar-refractivity contribution >= 4 is 41.6 Å². The van der Waals surface area contributed by atoms with Crippen molar-refractivity contribution in [1.29, 1.82) is 0 Å². The molecule has 0 bridgehead atoms. The molecule has 4 amide bonds. The number of nitrogens with zero attached hydrogens (tertiary/aromatic N) is 5. The van der Waals surface area contributed by atoms with Gasteiger partial charge in [-0.05, 0) is 67.8 Å². The number of carbonyl (C=O) groups excluding carboxylic acids is 3. The molecule has 202 valence electrons. The van der Waals surface area contributed by atoms with Crippen molar-refractivity contribution in [2.24, 2.45) is 10.2 Å². The molecule has 11 nitrogen and oxygen atoms in total. The van der Waals surface area contributed by atoms with E-state index in [0.717, 1.165) is 5.56 Å². The van der Waals surface area contributed by atoms with E-state index in [0.29, 0.717) is 40.5 Å². The summed E-state index contributed by atoms with van der Waals surface area (Å²) in [5, 5.41) is 5.66. The first-order valence-electron chi connectivity index (χ1n) is 11.9. The Kier molecular flexibility index (Phi) is 9.82. The highest BCUT2D eigenvalue weighted by molar-refractivity contribution is 6.30. The lowest BCUT2D eigenvalue weighted by Gasteiger charge is -2.23. The molecule has 0 fully saturated rings. The third kappa shape index (κ3) is 7.68. The maximum absolute atomic E-state index is 12.7. The van der Waals surface area contributed by atoms with Crippen molar-refractivity contribution in [2.75, 3.05) is 13.6 Å². The van der Waals surface area contributed by atoms with E-state index < -0.39 is 11.9 Å². The van der Waals surface area contributed by atoms with E-state index >= 15 is 0 Å². The van der Waals surface area contributed by atoms with Crippen LogP contribution in [0.4, 0.5) is 10.5 Å². The molecule has 0 atom stereocenters. The van der Waals surface area contributed by atoms with Crippen molar-refractivity contribution in [3.8, 4) is 11.6 Å². The Labute approximate surface area is 230 Å². The highest BCUT2D eigenvalue weighted by Crippen LogP contribution is 2.31. The van der Waals surface area contributed by atoms with Gasteiger partial charge in [-0.15, -0.1) is 4.91 Å². The first-order valence-corrected chi connectivity index (χ1v) is 12.2. The molecule has 3 aromatic rings. The van der Waals surface area contributed by atoms with Gasteiger partial charge < -0.3 is 9.64 Å². The predicted octanol–water partition coefficient (Wildman–Crippen LogP) is 5.36. The molecule has 12 heteroatoms. The lowest BCUT2D eigenvalue weighted by Crippen LogP contribution is -2.47. The van der Waals surface area contributed by atoms with Gasteiger partial charge in [-0.3, -0.25) is 19.8 Å². The molecule has 39 heavy (non-hydrogen) atoms. The van der Waals surface area contributed by atoms with E-state index in [2.05, 4.69) is 20.5 Å². The molecular formula is C27H27ClN6O5. The predicted molar refractivity (Wildman–Crippen MR) is 147 cm³/mol. The van der Waals surface area contributed by atoms with Crippen molar-refractivity contribution in [3.05, 3.63) is 86.9 Å². The Morgan fingerprint density at radius 3 is 2.46 bits per heavy atom. The molecule has 0 aliphatic carbocycles. The van der Waals surface area contributed by atoms with Gasteiger partial charge in [0.2, 0.25) is 18.2 Å². The monoisotopic (exact) mass is 550 g/mol. The zero-order valence-corrected chi connectivity index (χ0v) is 22.6. The summed E-state index contributed by atoms with van der Waals surface area (Å²) >= 11 is 5.98. The average Bonchev–Trinajstić information content (AvgIpc) is 2.94. The summed E-state index contributed by atoms with van der Waals surface area (Å²) in [6.07, 6.45) is 0.591. The van der Waals surface area contributed by atoms with Crippen LogP contribution in [-0.4, -0.2) is 52.7 Å². The standard InChI is InChI=1S/C27H27ClN6O5/c1-5-33(4)27(37)31-26(34(16-35)15-19-9-11-20(28)12-10-19)30-22-13-18(3)23(14-17(22)2)39-24-8-6-7-21(29-24)25(36)32-38/h6-14,16H,5,15H2,1-4H3,(H,30,31,37). The number of benzene rings is 2. The molecule has 2 aromatic carbocycles. The van der Waals surface area contributed by atoms with Gasteiger partial charge in [-0.2, -0.15) is 0 Å². The van der Waals surface area contributed by atoms with Gasteiger partial charge in [0, 0.05) is 29.9 Å². The summed E-state index contributed by atoms with van der Waals surface area (Å²) in [5.41, 5.74) is 2.47. The number of nitroso groups, excluding NO2 is 1. The van der Waals surface area contributed by atoms with E-state index in [-0.39, 0.29) is 24.1 Å². The number of aromatic nitrogens is 1. The molecule has 0 saturated carbocycles. The third-order valence-corrected chi connectivity index (χ3v) is 5.92. The van der Waals surface area contributed by atoms with Crippen LogP contribution >= 0.6 is 11.6 Å². The smallest absolute Gasteiger partial charge is 0.335 e. The van der Waals surface area contributed by atoms with E-state index in [4.69, 9.17) is 16.3 Å². The molecule has 0 saturated heterocycles. The second kappa shape index (κ2) is 13.2. The van der Waals surface area contributed by atoms with E-state index in [1.165, 1.54) is 21.9 Å². The summed E-state index contributed by atoms with van der Waals surface area (Å²) in [6, 6.07) is 14.4. The molecule has 1 aromatic heterocycles. The first kappa shape index (κ1) is 28.9. The zero-order chi connectivity index (χ0) is 28.5. The summed E-state index contributed by atoms with van der Waals surface area (Å²) in [6.45, 7) is 5.99. The van der Waals surface area contributed by atoms with Gasteiger partial charge in [0.25, 0.3) is 0 Å². The van der Waals surface area contributed by atoms with Crippen LogP contribution in [0, 0.1) is 18.8 Å². The minimum absolute atomic E-state index is 0.0376. The third-order valence-electron chi connectivity index (χ3n) is 5.67. The Morgan fingerprint density at radius 2 is 1.82 bits per heavy atom. The van der Waals surface area contributed by atoms with E-state index in [1.807, 2.05) is 6.92 Å². The number of aliphatic imine (C=N–C) groups is 1. The first-order chi connectivity index (χ1) is 18.6. The molecule has 1 heterocycles. The van der Waals surface area contributed by atoms with Gasteiger partial charge >= 0.3 is 11.9 Å². The summed E-state index contributed by atoms with van der Waals surface area (Å²) < 4.78 is 5.84. The van der Waals surface area contributed by atoms with Crippen LogP contribution < -0.4 is 10.1 Å². The number of hydrogen-bond donors (Lipinski definition) is 1. The second-order valence-corrected chi connectivity index (χ2v) is 8.94. The van der Waals surface area contributed by atoms with Crippen LogP contribution in [0.2, 0.25) is 5.02 Å². The topological polar surface area (TPSA) is 134 Å². The van der Waals surface area contributed by atoms with E-state index in [9.17, 15) is 19.3 Å². The van der Waals surface area contributed by atoms with Crippen LogP contribution in [0.15, 0.2) is 64.8 Å². The summed E-state index contributed by atoms with van der Waals surface area (Å²) in [7, 11) is 1.63. The average molecular weight is 551 g/mol. The van der Waals surface area contributed by atoms with Crippen LogP contribution in [-0.2, 0) is 11.3 Å². The van der Waals surface area contributed by atoms with Crippen molar-refractivity contribution in [1.82, 2.24) is 20.1 Å². The summed E-state index contributed by atoms with van der Waals surface area (Å²) in [4.78, 5) is 58.3. The largest absolute Gasteiger partial charge is 0.439 e. The lowest BCUT2D eigenvalue weighted by atomic mass is 10.1. The fourth-order valence-corrected chi connectivity index (χ4v) is 3.44. The number of guanidine groups is 1. The minimum atomic E-state index is -1.00. The molecule has 1 N–H and O–H groups in total. The number of hydrogen-bond acceptors (Lipinski definition) is 7. The quantitative estimate of drug-likeness (QED) is 0.174.